The molecule has 5 rings (SSSR count). The molecule has 1 aliphatic rings. The van der Waals surface area contributed by atoms with Gasteiger partial charge in [0.15, 0.2) is 5.13 Å². The van der Waals surface area contributed by atoms with Gasteiger partial charge in [0, 0.05) is 44.9 Å². The molecular formula is C22H21N5OS2. The van der Waals surface area contributed by atoms with E-state index < -0.39 is 0 Å². The number of aromatic nitrogens is 3. The lowest BCUT2D eigenvalue weighted by atomic mass is 10.1. The zero-order chi connectivity index (χ0) is 20.5. The first-order valence-corrected chi connectivity index (χ1v) is 11.6. The van der Waals surface area contributed by atoms with Gasteiger partial charge in [0.1, 0.15) is 0 Å². The lowest BCUT2D eigenvalue weighted by molar-refractivity contribution is -0.114. The number of carbonyl (C=O) groups excluding carboxylic acids is 1. The zero-order valence-corrected chi connectivity index (χ0v) is 18.2. The summed E-state index contributed by atoms with van der Waals surface area (Å²) in [5.41, 5.74) is 7.71. The maximum Gasteiger partial charge on any atom is 0.223 e. The Balaban J connectivity index is 1.30. The standard InChI is InChI=1S/C22H21N5OS2/c1-14(28)25-22-23-11-21(30-22)18-4-3-16-6-8-27(9-7-17(16)26-18)12-15-2-5-20-19(10-15)24-13-29-20/h2-5,10-11,13H,6-9,12H2,1H3,(H,23,25,28). The van der Waals surface area contributed by atoms with Crippen LogP contribution in [0, 0.1) is 0 Å². The molecule has 0 fully saturated rings. The fourth-order valence-corrected chi connectivity index (χ4v) is 5.28. The van der Waals surface area contributed by atoms with Crippen molar-refractivity contribution in [3.63, 3.8) is 0 Å². The number of anilines is 1. The summed E-state index contributed by atoms with van der Waals surface area (Å²) >= 11 is 3.14. The maximum atomic E-state index is 11.2. The van der Waals surface area contributed by atoms with Gasteiger partial charge >= 0.3 is 0 Å². The van der Waals surface area contributed by atoms with E-state index in [1.165, 1.54) is 39.8 Å². The number of hydrogen-bond acceptors (Lipinski definition) is 7. The van der Waals surface area contributed by atoms with Crippen LogP contribution in [0.15, 0.2) is 42.0 Å². The number of rotatable bonds is 4. The first-order valence-electron chi connectivity index (χ1n) is 9.91. The minimum Gasteiger partial charge on any atom is -0.302 e. The summed E-state index contributed by atoms with van der Waals surface area (Å²) in [5, 5.41) is 3.34. The van der Waals surface area contributed by atoms with Gasteiger partial charge in [0.2, 0.25) is 5.91 Å². The fraction of sp³-hybridized carbons (Fsp3) is 0.273. The van der Waals surface area contributed by atoms with Crippen molar-refractivity contribution >= 4 is 43.9 Å². The van der Waals surface area contributed by atoms with E-state index in [0.29, 0.717) is 5.13 Å². The predicted octanol–water partition coefficient (Wildman–Crippen LogP) is 4.37. The topological polar surface area (TPSA) is 71.0 Å². The molecule has 0 saturated heterocycles. The predicted molar refractivity (Wildman–Crippen MR) is 122 cm³/mol. The molecule has 0 spiro atoms. The molecular weight excluding hydrogens is 414 g/mol. The lowest BCUT2D eigenvalue weighted by Crippen LogP contribution is -2.25. The molecule has 0 saturated carbocycles. The molecule has 152 valence electrons. The summed E-state index contributed by atoms with van der Waals surface area (Å²) in [6, 6.07) is 10.9. The third-order valence-electron chi connectivity index (χ3n) is 5.27. The summed E-state index contributed by atoms with van der Waals surface area (Å²) in [4.78, 5) is 28.4. The van der Waals surface area contributed by atoms with E-state index in [1.807, 2.05) is 5.51 Å². The summed E-state index contributed by atoms with van der Waals surface area (Å²) in [7, 11) is 0. The Kier molecular flexibility index (Phi) is 5.28. The molecule has 3 aromatic heterocycles. The van der Waals surface area contributed by atoms with Gasteiger partial charge in [-0.15, -0.1) is 11.3 Å². The van der Waals surface area contributed by atoms with Crippen LogP contribution in [-0.2, 0) is 24.2 Å². The lowest BCUT2D eigenvalue weighted by Gasteiger charge is -2.19. The molecule has 8 heteroatoms. The minimum absolute atomic E-state index is 0.111. The smallest absolute Gasteiger partial charge is 0.223 e. The highest BCUT2D eigenvalue weighted by Gasteiger charge is 2.17. The number of nitrogens with zero attached hydrogens (tertiary/aromatic N) is 4. The first kappa shape index (κ1) is 19.3. The van der Waals surface area contributed by atoms with Crippen LogP contribution in [0.4, 0.5) is 5.13 Å². The molecule has 0 aliphatic carbocycles. The number of pyridine rings is 1. The molecule has 0 atom stereocenters. The highest BCUT2D eigenvalue weighted by Crippen LogP contribution is 2.29. The third-order valence-corrected chi connectivity index (χ3v) is 7.02. The average Bonchev–Trinajstić information content (AvgIpc) is 3.34. The third kappa shape index (κ3) is 4.12. The highest BCUT2D eigenvalue weighted by molar-refractivity contribution is 7.19. The Hall–Kier alpha value is -2.68. The molecule has 6 nitrogen and oxygen atoms in total. The van der Waals surface area contributed by atoms with E-state index in [9.17, 15) is 4.79 Å². The van der Waals surface area contributed by atoms with Crippen molar-refractivity contribution in [1.82, 2.24) is 19.9 Å². The molecule has 0 bridgehead atoms. The molecule has 1 amide bonds. The second kappa shape index (κ2) is 8.22. The van der Waals surface area contributed by atoms with Crippen molar-refractivity contribution < 1.29 is 4.79 Å². The molecule has 1 N–H and O–H groups in total. The van der Waals surface area contributed by atoms with Crippen LogP contribution >= 0.6 is 22.7 Å². The number of carbonyl (C=O) groups is 1. The Morgan fingerprint density at radius 2 is 2.07 bits per heavy atom. The van der Waals surface area contributed by atoms with Crippen molar-refractivity contribution in [1.29, 1.82) is 0 Å². The minimum atomic E-state index is -0.111. The summed E-state index contributed by atoms with van der Waals surface area (Å²) in [5.74, 6) is -0.111. The Morgan fingerprint density at radius 3 is 2.97 bits per heavy atom. The van der Waals surface area contributed by atoms with Gasteiger partial charge < -0.3 is 5.32 Å². The van der Waals surface area contributed by atoms with Crippen molar-refractivity contribution in [2.45, 2.75) is 26.3 Å². The van der Waals surface area contributed by atoms with Crippen LogP contribution in [0.5, 0.6) is 0 Å². The summed E-state index contributed by atoms with van der Waals surface area (Å²) in [6.07, 6.45) is 3.71. The first-order chi connectivity index (χ1) is 14.6. The van der Waals surface area contributed by atoms with E-state index >= 15 is 0 Å². The molecule has 1 aromatic carbocycles. The monoisotopic (exact) mass is 435 g/mol. The van der Waals surface area contributed by atoms with Crippen LogP contribution in [-0.4, -0.2) is 38.8 Å². The quantitative estimate of drug-likeness (QED) is 0.515. The normalized spacial score (nSPS) is 14.4. The molecule has 0 radical (unpaired) electrons. The van der Waals surface area contributed by atoms with E-state index in [-0.39, 0.29) is 5.91 Å². The van der Waals surface area contributed by atoms with E-state index in [1.54, 1.807) is 17.5 Å². The molecule has 4 heterocycles. The number of nitrogens with one attached hydrogen (secondary N) is 1. The Bertz CT molecular complexity index is 1220. The van der Waals surface area contributed by atoms with Crippen LogP contribution in [0.1, 0.15) is 23.7 Å². The summed E-state index contributed by atoms with van der Waals surface area (Å²) < 4.78 is 1.24. The fourth-order valence-electron chi connectivity index (χ4n) is 3.78. The van der Waals surface area contributed by atoms with E-state index in [4.69, 9.17) is 4.98 Å². The van der Waals surface area contributed by atoms with Crippen LogP contribution in [0.2, 0.25) is 0 Å². The van der Waals surface area contributed by atoms with Crippen LogP contribution < -0.4 is 5.32 Å². The van der Waals surface area contributed by atoms with Gasteiger partial charge in [-0.25, -0.2) is 9.97 Å². The summed E-state index contributed by atoms with van der Waals surface area (Å²) in [6.45, 7) is 4.43. The second-order valence-electron chi connectivity index (χ2n) is 7.44. The number of amides is 1. The molecule has 30 heavy (non-hydrogen) atoms. The van der Waals surface area contributed by atoms with Gasteiger partial charge in [0.05, 0.1) is 26.3 Å². The Morgan fingerprint density at radius 1 is 1.17 bits per heavy atom. The molecule has 0 unspecified atom stereocenters. The van der Waals surface area contributed by atoms with Gasteiger partial charge in [-0.1, -0.05) is 23.5 Å². The van der Waals surface area contributed by atoms with Gasteiger partial charge in [0.25, 0.3) is 0 Å². The van der Waals surface area contributed by atoms with E-state index in [2.05, 4.69) is 50.5 Å². The number of hydrogen-bond donors (Lipinski definition) is 1. The van der Waals surface area contributed by atoms with Crippen molar-refractivity contribution in [2.75, 3.05) is 18.4 Å². The average molecular weight is 436 g/mol. The van der Waals surface area contributed by atoms with Crippen molar-refractivity contribution in [3.05, 3.63) is 58.9 Å². The van der Waals surface area contributed by atoms with Gasteiger partial charge in [-0.05, 0) is 35.7 Å². The Labute approximate surface area is 182 Å². The number of benzene rings is 1. The van der Waals surface area contributed by atoms with Crippen molar-refractivity contribution in [3.8, 4) is 10.6 Å². The zero-order valence-electron chi connectivity index (χ0n) is 16.6. The molecule has 4 aromatic rings. The second-order valence-corrected chi connectivity index (χ2v) is 9.36. The highest BCUT2D eigenvalue weighted by atomic mass is 32.1. The van der Waals surface area contributed by atoms with E-state index in [0.717, 1.165) is 48.6 Å². The van der Waals surface area contributed by atoms with Crippen LogP contribution in [0.25, 0.3) is 20.8 Å². The largest absolute Gasteiger partial charge is 0.302 e. The molecule has 1 aliphatic heterocycles. The SMILES string of the molecule is CC(=O)Nc1ncc(-c2ccc3c(n2)CCN(Cc2ccc4scnc4c2)CC3)s1. The van der Waals surface area contributed by atoms with Gasteiger partial charge in [-0.3, -0.25) is 14.7 Å². The van der Waals surface area contributed by atoms with Crippen molar-refractivity contribution in [2.24, 2.45) is 0 Å². The maximum absolute atomic E-state index is 11.2. The number of fused-ring (bicyclic) bond motifs is 2. The van der Waals surface area contributed by atoms with Gasteiger partial charge in [-0.2, -0.15) is 0 Å². The number of thiazole rings is 2. The van der Waals surface area contributed by atoms with Crippen LogP contribution in [0.3, 0.4) is 0 Å².